The average Bonchev–Trinajstić information content (AvgIpc) is 3.14. The predicted octanol–water partition coefficient (Wildman–Crippen LogP) is 2.55. The van der Waals surface area contributed by atoms with E-state index in [2.05, 4.69) is 4.72 Å². The van der Waals surface area contributed by atoms with Gasteiger partial charge in [0.25, 0.3) is 0 Å². The summed E-state index contributed by atoms with van der Waals surface area (Å²) in [6, 6.07) is 7.22. The van der Waals surface area contributed by atoms with E-state index in [1.165, 1.54) is 12.8 Å². The van der Waals surface area contributed by atoms with Gasteiger partial charge in [-0.2, -0.15) is 0 Å². The number of hydrogen-bond donors (Lipinski definition) is 1. The molecule has 0 unspecified atom stereocenters. The third-order valence-electron chi connectivity index (χ3n) is 4.84. The molecular formula is C17H23ClN2O3S. The third-order valence-corrected chi connectivity index (χ3v) is 6.40. The summed E-state index contributed by atoms with van der Waals surface area (Å²) in [5.74, 6) is 0.133. The van der Waals surface area contributed by atoms with Gasteiger partial charge in [0.2, 0.25) is 15.9 Å². The number of carbonyl (C=O) groups excluding carboxylic acids is 1. The van der Waals surface area contributed by atoms with Crippen LogP contribution in [0.4, 0.5) is 0 Å². The number of amides is 1. The lowest BCUT2D eigenvalue weighted by Crippen LogP contribution is -2.36. The van der Waals surface area contributed by atoms with Crippen LogP contribution >= 0.6 is 11.6 Å². The van der Waals surface area contributed by atoms with Gasteiger partial charge in [0.15, 0.2) is 0 Å². The highest BCUT2D eigenvalue weighted by molar-refractivity contribution is 7.88. The van der Waals surface area contributed by atoms with Crippen molar-refractivity contribution < 1.29 is 13.2 Å². The summed E-state index contributed by atoms with van der Waals surface area (Å²) in [6.07, 6.45) is 4.98. The Kier molecular flexibility index (Phi) is 5.47. The van der Waals surface area contributed by atoms with E-state index in [4.69, 9.17) is 11.6 Å². The highest BCUT2D eigenvalue weighted by Gasteiger charge is 2.35. The number of likely N-dealkylation sites (tertiary alicyclic amines) is 1. The standard InChI is InChI=1S/C17H23ClN2O3S/c18-15-5-3-4-13(8-15)12-24(22,23)19-10-14-9-17(21)20(11-14)16-6-1-2-7-16/h3-5,8,14,16,19H,1-2,6-7,9-12H2/t14-/m1/s1. The van der Waals surface area contributed by atoms with Gasteiger partial charge in [-0.1, -0.05) is 36.6 Å². The topological polar surface area (TPSA) is 66.5 Å². The number of nitrogens with one attached hydrogen (secondary N) is 1. The first-order valence-corrected chi connectivity index (χ1v) is 10.5. The first-order valence-electron chi connectivity index (χ1n) is 8.44. The molecule has 132 valence electrons. The Labute approximate surface area is 148 Å². The molecule has 1 saturated carbocycles. The maximum Gasteiger partial charge on any atom is 0.223 e. The maximum absolute atomic E-state index is 12.2. The molecule has 0 radical (unpaired) electrons. The van der Waals surface area contributed by atoms with Gasteiger partial charge in [-0.3, -0.25) is 4.79 Å². The number of benzene rings is 1. The number of sulfonamides is 1. The fraction of sp³-hybridized carbons (Fsp3) is 0.588. The molecule has 1 aliphatic carbocycles. The lowest BCUT2D eigenvalue weighted by Gasteiger charge is -2.24. The van der Waals surface area contributed by atoms with Gasteiger partial charge in [0, 0.05) is 30.6 Å². The first kappa shape index (κ1) is 17.7. The SMILES string of the molecule is O=C1C[C@H](CNS(=O)(=O)Cc2cccc(Cl)c2)CN1C1CCCC1. The van der Waals surface area contributed by atoms with Gasteiger partial charge in [0.1, 0.15) is 0 Å². The van der Waals surface area contributed by atoms with Crippen molar-refractivity contribution in [3.05, 3.63) is 34.9 Å². The Bertz CT molecular complexity index is 702. The third kappa shape index (κ3) is 4.49. The zero-order valence-electron chi connectivity index (χ0n) is 13.6. The normalized spacial score (nSPS) is 22.5. The fourth-order valence-electron chi connectivity index (χ4n) is 3.66. The van der Waals surface area contributed by atoms with Crippen LogP contribution in [0.2, 0.25) is 5.02 Å². The molecule has 1 N–H and O–H groups in total. The summed E-state index contributed by atoms with van der Waals surface area (Å²) in [7, 11) is -3.43. The van der Waals surface area contributed by atoms with Gasteiger partial charge in [-0.25, -0.2) is 13.1 Å². The van der Waals surface area contributed by atoms with E-state index in [1.54, 1.807) is 24.3 Å². The summed E-state index contributed by atoms with van der Waals surface area (Å²) < 4.78 is 27.1. The summed E-state index contributed by atoms with van der Waals surface area (Å²) in [5, 5.41) is 0.524. The smallest absolute Gasteiger partial charge is 0.223 e. The van der Waals surface area contributed by atoms with Crippen LogP contribution in [0.5, 0.6) is 0 Å². The van der Waals surface area contributed by atoms with Crippen molar-refractivity contribution in [2.45, 2.75) is 43.9 Å². The second kappa shape index (κ2) is 7.42. The van der Waals surface area contributed by atoms with Crippen molar-refractivity contribution in [2.24, 2.45) is 5.92 Å². The Morgan fingerprint density at radius 3 is 2.71 bits per heavy atom. The molecule has 0 spiro atoms. The van der Waals surface area contributed by atoms with E-state index in [0.29, 0.717) is 36.1 Å². The van der Waals surface area contributed by atoms with Crippen LogP contribution < -0.4 is 4.72 Å². The van der Waals surface area contributed by atoms with Crippen molar-refractivity contribution in [3.63, 3.8) is 0 Å². The molecule has 2 aliphatic rings. The number of halogens is 1. The molecule has 1 aromatic carbocycles. The van der Waals surface area contributed by atoms with Crippen molar-refractivity contribution >= 4 is 27.5 Å². The van der Waals surface area contributed by atoms with Gasteiger partial charge in [-0.05, 0) is 36.5 Å². The maximum atomic E-state index is 12.2. The summed E-state index contributed by atoms with van der Waals surface area (Å²) in [4.78, 5) is 14.1. The minimum absolute atomic E-state index is 0.0623. The highest BCUT2D eigenvalue weighted by atomic mass is 35.5. The zero-order valence-corrected chi connectivity index (χ0v) is 15.2. The van der Waals surface area contributed by atoms with Crippen LogP contribution in [0.25, 0.3) is 0 Å². The molecule has 0 bridgehead atoms. The largest absolute Gasteiger partial charge is 0.339 e. The lowest BCUT2D eigenvalue weighted by atomic mass is 10.1. The highest BCUT2D eigenvalue weighted by Crippen LogP contribution is 2.29. The fourth-order valence-corrected chi connectivity index (χ4v) is 5.08. The molecule has 1 aliphatic heterocycles. The minimum Gasteiger partial charge on any atom is -0.339 e. The summed E-state index contributed by atoms with van der Waals surface area (Å²) in [6.45, 7) is 0.987. The van der Waals surface area contributed by atoms with Gasteiger partial charge < -0.3 is 4.90 Å². The van der Waals surface area contributed by atoms with Gasteiger partial charge in [0.05, 0.1) is 5.75 Å². The van der Waals surface area contributed by atoms with Crippen LogP contribution in [0.3, 0.4) is 0 Å². The van der Waals surface area contributed by atoms with Crippen LogP contribution in [0.1, 0.15) is 37.7 Å². The van der Waals surface area contributed by atoms with E-state index < -0.39 is 10.0 Å². The van der Waals surface area contributed by atoms with Crippen LogP contribution in [0.15, 0.2) is 24.3 Å². The van der Waals surface area contributed by atoms with Gasteiger partial charge >= 0.3 is 0 Å². The quantitative estimate of drug-likeness (QED) is 0.836. The molecule has 1 saturated heterocycles. The molecule has 3 rings (SSSR count). The number of hydrogen-bond acceptors (Lipinski definition) is 3. The van der Waals surface area contributed by atoms with Crippen LogP contribution in [0, 0.1) is 5.92 Å². The molecule has 1 aromatic rings. The number of nitrogens with zero attached hydrogens (tertiary/aromatic N) is 1. The van der Waals surface area contributed by atoms with E-state index >= 15 is 0 Å². The van der Waals surface area contributed by atoms with Crippen LogP contribution in [-0.2, 0) is 20.6 Å². The molecule has 1 atom stereocenters. The second-order valence-corrected chi connectivity index (χ2v) is 9.04. The Balaban J connectivity index is 1.52. The Morgan fingerprint density at radius 2 is 2.00 bits per heavy atom. The molecule has 5 nitrogen and oxygen atoms in total. The van der Waals surface area contributed by atoms with Gasteiger partial charge in [-0.15, -0.1) is 0 Å². The van der Waals surface area contributed by atoms with Crippen molar-refractivity contribution in [1.29, 1.82) is 0 Å². The minimum atomic E-state index is -3.43. The molecule has 24 heavy (non-hydrogen) atoms. The molecule has 7 heteroatoms. The van der Waals surface area contributed by atoms with E-state index in [0.717, 1.165) is 12.8 Å². The predicted molar refractivity (Wildman–Crippen MR) is 94.2 cm³/mol. The molecule has 0 aromatic heterocycles. The molecular weight excluding hydrogens is 348 g/mol. The van der Waals surface area contributed by atoms with E-state index in [-0.39, 0.29) is 17.6 Å². The number of rotatable bonds is 6. The summed E-state index contributed by atoms with van der Waals surface area (Å²) >= 11 is 5.89. The van der Waals surface area contributed by atoms with Crippen molar-refractivity contribution in [1.82, 2.24) is 9.62 Å². The van der Waals surface area contributed by atoms with E-state index in [9.17, 15) is 13.2 Å². The molecule has 1 amide bonds. The van der Waals surface area contributed by atoms with Crippen molar-refractivity contribution in [2.75, 3.05) is 13.1 Å². The zero-order chi connectivity index (χ0) is 17.2. The average molecular weight is 371 g/mol. The number of carbonyl (C=O) groups is 1. The Morgan fingerprint density at radius 1 is 1.25 bits per heavy atom. The first-order chi connectivity index (χ1) is 11.4. The van der Waals surface area contributed by atoms with Crippen molar-refractivity contribution in [3.8, 4) is 0 Å². The second-order valence-electron chi connectivity index (χ2n) is 6.79. The van der Waals surface area contributed by atoms with Crippen LogP contribution in [-0.4, -0.2) is 38.4 Å². The summed E-state index contributed by atoms with van der Waals surface area (Å²) in [5.41, 5.74) is 0.657. The monoisotopic (exact) mass is 370 g/mol. The molecule has 2 fully saturated rings. The molecule has 1 heterocycles. The van der Waals surface area contributed by atoms with E-state index in [1.807, 2.05) is 4.90 Å². The lowest BCUT2D eigenvalue weighted by molar-refractivity contribution is -0.129. The Hall–Kier alpha value is -1.11.